The van der Waals surface area contributed by atoms with Crippen molar-refractivity contribution in [2.45, 2.75) is 26.7 Å². The zero-order valence-electron chi connectivity index (χ0n) is 19.8. The zero-order valence-corrected chi connectivity index (χ0v) is 20.6. The molecule has 0 aliphatic carbocycles. The number of fused-ring (bicyclic) bond motifs is 1. The molecule has 1 aromatic carbocycles. The monoisotopic (exact) mass is 483 g/mol. The van der Waals surface area contributed by atoms with Gasteiger partial charge in [-0.25, -0.2) is 15.0 Å². The number of hydrogen-bond donors (Lipinski definition) is 2. The Morgan fingerprint density at radius 2 is 1.89 bits per heavy atom. The molecular formula is C27H26ClN7. The molecule has 35 heavy (non-hydrogen) atoms. The molecule has 176 valence electrons. The number of nitriles is 1. The molecule has 0 saturated carbocycles. The van der Waals surface area contributed by atoms with Crippen LogP contribution in [0.3, 0.4) is 0 Å². The number of nitrogens with zero attached hydrogens (tertiary/aromatic N) is 5. The van der Waals surface area contributed by atoms with Crippen LogP contribution in [0.2, 0.25) is 0 Å². The number of benzene rings is 1. The topological polar surface area (TPSA) is 117 Å². The number of aromatic nitrogens is 4. The second kappa shape index (κ2) is 11.7. The number of nitrogens with one attached hydrogen (secondary N) is 1. The largest absolute Gasteiger partial charge is 0.383 e. The summed E-state index contributed by atoms with van der Waals surface area (Å²) in [6.45, 7) is 5.87. The Morgan fingerprint density at radius 1 is 1.14 bits per heavy atom. The summed E-state index contributed by atoms with van der Waals surface area (Å²) in [5, 5.41) is 17.4. The fraction of sp³-hybridized carbons (Fsp3) is 0.148. The second-order valence-electron chi connectivity index (χ2n) is 7.14. The van der Waals surface area contributed by atoms with Crippen molar-refractivity contribution in [2.24, 2.45) is 0 Å². The molecule has 0 saturated heterocycles. The molecule has 8 heteroatoms. The Balaban J connectivity index is 0.00000167. The molecule has 7 nitrogen and oxygen atoms in total. The quantitative estimate of drug-likeness (QED) is 0.188. The molecule has 3 aromatic heterocycles. The Morgan fingerprint density at radius 3 is 2.51 bits per heavy atom. The molecule has 0 atom stereocenters. The van der Waals surface area contributed by atoms with E-state index in [1.54, 1.807) is 30.5 Å². The van der Waals surface area contributed by atoms with Crippen LogP contribution in [0.15, 0.2) is 73.0 Å². The van der Waals surface area contributed by atoms with E-state index in [0.29, 0.717) is 45.5 Å². The number of pyridine rings is 2. The fourth-order valence-electron chi connectivity index (χ4n) is 3.42. The van der Waals surface area contributed by atoms with E-state index in [2.05, 4.69) is 4.98 Å². The van der Waals surface area contributed by atoms with Crippen LogP contribution in [0.5, 0.6) is 0 Å². The van der Waals surface area contributed by atoms with E-state index in [1.165, 1.54) is 0 Å². The first-order chi connectivity index (χ1) is 17.1. The maximum atomic E-state index is 9.33. The molecular weight excluding hydrogens is 458 g/mol. The van der Waals surface area contributed by atoms with Gasteiger partial charge in [0.25, 0.3) is 0 Å². The summed E-state index contributed by atoms with van der Waals surface area (Å²) in [6.07, 6.45) is 6.94. The summed E-state index contributed by atoms with van der Waals surface area (Å²) in [4.78, 5) is 13.8. The highest BCUT2D eigenvalue weighted by molar-refractivity contribution is 6.29. The van der Waals surface area contributed by atoms with Gasteiger partial charge in [-0.2, -0.15) is 5.26 Å². The van der Waals surface area contributed by atoms with Crippen LogP contribution in [0, 0.1) is 16.7 Å². The van der Waals surface area contributed by atoms with Crippen LogP contribution in [-0.4, -0.2) is 25.2 Å². The third-order valence-electron chi connectivity index (χ3n) is 5.05. The van der Waals surface area contributed by atoms with E-state index in [4.69, 9.17) is 32.7 Å². The highest BCUT2D eigenvalue weighted by Crippen LogP contribution is 2.31. The van der Waals surface area contributed by atoms with Crippen molar-refractivity contribution in [3.63, 3.8) is 0 Å². The van der Waals surface area contributed by atoms with Crippen LogP contribution in [0.1, 0.15) is 32.0 Å². The lowest BCUT2D eigenvalue weighted by atomic mass is 10.1. The molecule has 3 heterocycles. The van der Waals surface area contributed by atoms with Gasteiger partial charge in [-0.15, -0.1) is 11.6 Å². The van der Waals surface area contributed by atoms with Crippen molar-refractivity contribution in [3.05, 3.63) is 84.2 Å². The minimum atomic E-state index is -0.172. The third-order valence-corrected chi connectivity index (χ3v) is 5.35. The lowest BCUT2D eigenvalue weighted by Crippen LogP contribution is -2.04. The van der Waals surface area contributed by atoms with E-state index >= 15 is 0 Å². The van der Waals surface area contributed by atoms with Gasteiger partial charge in [0.2, 0.25) is 0 Å². The van der Waals surface area contributed by atoms with Gasteiger partial charge in [0, 0.05) is 23.3 Å². The number of nitrogen functional groups attached to an aromatic ring is 1. The van der Waals surface area contributed by atoms with Crippen molar-refractivity contribution < 1.29 is 0 Å². The summed E-state index contributed by atoms with van der Waals surface area (Å²) in [7, 11) is 0. The number of hydrogen-bond acceptors (Lipinski definition) is 6. The second-order valence-corrected chi connectivity index (χ2v) is 7.41. The van der Waals surface area contributed by atoms with E-state index in [9.17, 15) is 5.26 Å². The summed E-state index contributed by atoms with van der Waals surface area (Å²) >= 11 is 5.97. The Labute approximate surface area is 209 Å². The lowest BCUT2D eigenvalue weighted by molar-refractivity contribution is 1.07. The molecule has 0 fully saturated rings. The number of nitrogens with two attached hydrogens (primary N) is 1. The third kappa shape index (κ3) is 5.29. The number of allylic oxidation sites excluding steroid dienone is 4. The summed E-state index contributed by atoms with van der Waals surface area (Å²) < 4.78 is 1.90. The highest BCUT2D eigenvalue weighted by Gasteiger charge is 2.19. The van der Waals surface area contributed by atoms with Gasteiger partial charge in [-0.05, 0) is 48.9 Å². The maximum Gasteiger partial charge on any atom is 0.165 e. The summed E-state index contributed by atoms with van der Waals surface area (Å²) in [5.41, 5.74) is 10.6. The van der Waals surface area contributed by atoms with Crippen LogP contribution in [0.4, 0.5) is 5.82 Å². The smallest absolute Gasteiger partial charge is 0.165 e. The predicted octanol–water partition coefficient (Wildman–Crippen LogP) is 6.33. The van der Waals surface area contributed by atoms with Crippen molar-refractivity contribution in [2.75, 3.05) is 5.73 Å². The van der Waals surface area contributed by atoms with Gasteiger partial charge in [0.05, 0.1) is 11.3 Å². The van der Waals surface area contributed by atoms with Crippen molar-refractivity contribution >= 4 is 39.9 Å². The van der Waals surface area contributed by atoms with Crippen molar-refractivity contribution in [3.8, 4) is 23.1 Å². The van der Waals surface area contributed by atoms with Crippen molar-refractivity contribution in [1.82, 2.24) is 19.5 Å². The van der Waals surface area contributed by atoms with Crippen LogP contribution in [-0.2, 0) is 5.88 Å². The summed E-state index contributed by atoms with van der Waals surface area (Å²) in [6, 6.07) is 16.9. The molecule has 0 spiro atoms. The first-order valence-electron chi connectivity index (χ1n) is 11.2. The van der Waals surface area contributed by atoms with E-state index < -0.39 is 0 Å². The first kappa shape index (κ1) is 25.3. The molecule has 0 bridgehead atoms. The van der Waals surface area contributed by atoms with Crippen molar-refractivity contribution in [1.29, 1.82) is 10.7 Å². The Bertz CT molecular complexity index is 1440. The van der Waals surface area contributed by atoms with Crippen LogP contribution in [0.25, 0.3) is 33.8 Å². The van der Waals surface area contributed by atoms with E-state index in [0.717, 1.165) is 11.3 Å². The van der Waals surface area contributed by atoms with Gasteiger partial charge >= 0.3 is 0 Å². The lowest BCUT2D eigenvalue weighted by Gasteiger charge is -2.11. The normalized spacial score (nSPS) is 11.2. The average molecular weight is 484 g/mol. The molecule has 4 aromatic rings. The minimum absolute atomic E-state index is 0.172. The molecule has 0 aliphatic rings. The van der Waals surface area contributed by atoms with E-state index in [-0.39, 0.29) is 5.71 Å². The van der Waals surface area contributed by atoms with Gasteiger partial charge in [0.1, 0.15) is 23.1 Å². The minimum Gasteiger partial charge on any atom is -0.383 e. The number of anilines is 1. The molecule has 3 N–H and O–H groups in total. The van der Waals surface area contributed by atoms with Crippen LogP contribution >= 0.6 is 11.6 Å². The number of rotatable bonds is 6. The first-order valence-corrected chi connectivity index (χ1v) is 11.7. The van der Waals surface area contributed by atoms with Gasteiger partial charge < -0.3 is 5.73 Å². The molecule has 0 radical (unpaired) electrons. The molecule has 0 aliphatic heterocycles. The standard InChI is InChI=1S/C25H20ClN7.C2H6/c1-2-3-5-18(20(28)15-27)21-11-12-22-25(31-21)33(17-9-7-16(14-26)8-10-17)24(32-22)19-6-4-13-30-23(19)29;1-2/h2-13,28H,14H2,1H3,(H2,29,30);1-2H3/b3-2?,18-5+,28-20?;. The van der Waals surface area contributed by atoms with Gasteiger partial charge in [-0.1, -0.05) is 44.2 Å². The van der Waals surface area contributed by atoms with Crippen LogP contribution < -0.4 is 5.73 Å². The zero-order chi connectivity index (χ0) is 25.4. The number of halogens is 1. The number of alkyl halides is 1. The highest BCUT2D eigenvalue weighted by atomic mass is 35.5. The predicted molar refractivity (Wildman–Crippen MR) is 144 cm³/mol. The molecule has 0 unspecified atom stereocenters. The fourth-order valence-corrected chi connectivity index (χ4v) is 3.60. The SMILES string of the molecule is CC.CC=C/C=C(\C(=N)C#N)c1ccc2nc(-c3cccnc3N)n(-c3ccc(CCl)cc3)c2n1. The van der Waals surface area contributed by atoms with Gasteiger partial charge in [0.15, 0.2) is 11.5 Å². The molecule has 4 rings (SSSR count). The molecule has 0 amide bonds. The number of imidazole rings is 1. The van der Waals surface area contributed by atoms with Gasteiger partial charge in [-0.3, -0.25) is 9.98 Å². The Hall–Kier alpha value is -4.28. The average Bonchev–Trinajstić information content (AvgIpc) is 3.28. The van der Waals surface area contributed by atoms with E-state index in [1.807, 2.05) is 73.9 Å². The Kier molecular flexibility index (Phi) is 8.49. The summed E-state index contributed by atoms with van der Waals surface area (Å²) in [5.74, 6) is 1.35. The maximum absolute atomic E-state index is 9.33.